The third kappa shape index (κ3) is 8.25. The van der Waals surface area contributed by atoms with Gasteiger partial charge < -0.3 is 4.74 Å². The Kier molecular flexibility index (Phi) is 9.65. The van der Waals surface area contributed by atoms with E-state index in [1.165, 1.54) is 0 Å². The molecule has 3 aromatic carbocycles. The van der Waals surface area contributed by atoms with Gasteiger partial charge in [-0.1, -0.05) is 72.8 Å². The number of carbonyl (C=O) groups excluding carboxylic acids is 1. The van der Waals surface area contributed by atoms with E-state index < -0.39 is 21.6 Å². The molecular weight excluding hydrogens is 484 g/mol. The maximum atomic E-state index is 13.1. The summed E-state index contributed by atoms with van der Waals surface area (Å²) < 4.78 is 34.4. The fourth-order valence-corrected chi connectivity index (χ4v) is 5.86. The molecule has 7 heteroatoms. The van der Waals surface area contributed by atoms with Crippen LogP contribution in [0, 0.1) is 0 Å². The lowest BCUT2D eigenvalue weighted by molar-refractivity contribution is -0.145. The van der Waals surface area contributed by atoms with Crippen molar-refractivity contribution in [2.45, 2.75) is 70.1 Å². The molecule has 3 rings (SSSR count). The maximum absolute atomic E-state index is 13.1. The molecule has 0 aliphatic heterocycles. The summed E-state index contributed by atoms with van der Waals surface area (Å²) in [6.45, 7) is 10.2. The number of sulfonamides is 1. The van der Waals surface area contributed by atoms with Crippen molar-refractivity contribution in [1.82, 2.24) is 9.62 Å². The molecule has 0 saturated heterocycles. The van der Waals surface area contributed by atoms with Crippen LogP contribution < -0.4 is 4.72 Å². The van der Waals surface area contributed by atoms with Crippen molar-refractivity contribution in [2.24, 2.45) is 0 Å². The van der Waals surface area contributed by atoms with Gasteiger partial charge in [0.1, 0.15) is 0 Å². The van der Waals surface area contributed by atoms with E-state index in [0.717, 1.165) is 16.7 Å². The molecule has 0 saturated carbocycles. The van der Waals surface area contributed by atoms with Gasteiger partial charge in [-0.25, -0.2) is 13.1 Å². The number of ether oxygens (including phenoxy) is 1. The molecule has 6 nitrogen and oxygen atoms in total. The topological polar surface area (TPSA) is 75.7 Å². The van der Waals surface area contributed by atoms with E-state index in [1.54, 1.807) is 45.9 Å². The van der Waals surface area contributed by atoms with Gasteiger partial charge in [0.25, 0.3) is 0 Å². The Hall–Kier alpha value is -3.00. The van der Waals surface area contributed by atoms with E-state index in [9.17, 15) is 13.2 Å². The molecule has 3 aromatic rings. The van der Waals surface area contributed by atoms with Crippen LogP contribution in [0.4, 0.5) is 0 Å². The molecule has 0 bridgehead atoms. The predicted octanol–water partition coefficient (Wildman–Crippen LogP) is 6.02. The molecule has 0 heterocycles. The van der Waals surface area contributed by atoms with Crippen molar-refractivity contribution in [3.63, 3.8) is 0 Å². The van der Waals surface area contributed by atoms with Crippen LogP contribution in [0.1, 0.15) is 69.8 Å². The van der Waals surface area contributed by atoms with Crippen LogP contribution in [0.2, 0.25) is 0 Å². The van der Waals surface area contributed by atoms with Gasteiger partial charge in [0.05, 0.1) is 17.9 Å². The first kappa shape index (κ1) is 28.6. The zero-order valence-corrected chi connectivity index (χ0v) is 23.2. The highest BCUT2D eigenvalue weighted by molar-refractivity contribution is 7.89. The molecule has 0 fully saturated rings. The minimum Gasteiger partial charge on any atom is -0.466 e. The molecule has 1 N–H and O–H groups in total. The summed E-state index contributed by atoms with van der Waals surface area (Å²) in [6.07, 6.45) is 0.0913. The Bertz CT molecular complexity index is 1260. The number of nitrogens with zero attached hydrogens (tertiary/aromatic N) is 1. The van der Waals surface area contributed by atoms with E-state index >= 15 is 0 Å². The SMILES string of the molecule is CCOC(=O)C[C@H](c1cccc(S(=O)(=O)NC(C)(C)C)c1)N(Cc1ccccc1)[C@@H](C)c1ccccc1. The Balaban J connectivity index is 2.11. The number of esters is 1. The quantitative estimate of drug-likeness (QED) is 0.312. The highest BCUT2D eigenvalue weighted by Crippen LogP contribution is 2.35. The minimum absolute atomic E-state index is 0.0613. The summed E-state index contributed by atoms with van der Waals surface area (Å²) in [5.41, 5.74) is 2.31. The van der Waals surface area contributed by atoms with Crippen molar-refractivity contribution < 1.29 is 17.9 Å². The van der Waals surface area contributed by atoms with Crippen molar-refractivity contribution in [2.75, 3.05) is 6.61 Å². The largest absolute Gasteiger partial charge is 0.466 e. The molecule has 0 spiro atoms. The molecular formula is C30H38N2O4S. The van der Waals surface area contributed by atoms with E-state index in [-0.39, 0.29) is 29.9 Å². The maximum Gasteiger partial charge on any atom is 0.307 e. The number of rotatable bonds is 11. The van der Waals surface area contributed by atoms with Crippen LogP contribution >= 0.6 is 0 Å². The Morgan fingerprint density at radius 1 is 0.919 bits per heavy atom. The minimum atomic E-state index is -3.75. The molecule has 0 unspecified atom stereocenters. The zero-order chi connectivity index (χ0) is 27.1. The summed E-state index contributed by atoms with van der Waals surface area (Å²) in [6, 6.07) is 26.6. The smallest absolute Gasteiger partial charge is 0.307 e. The lowest BCUT2D eigenvalue weighted by atomic mass is 9.96. The third-order valence-electron chi connectivity index (χ3n) is 6.05. The van der Waals surface area contributed by atoms with E-state index in [4.69, 9.17) is 4.74 Å². The number of hydrogen-bond acceptors (Lipinski definition) is 5. The molecule has 0 aliphatic rings. The fourth-order valence-electron chi connectivity index (χ4n) is 4.39. The molecule has 37 heavy (non-hydrogen) atoms. The highest BCUT2D eigenvalue weighted by Gasteiger charge is 2.30. The number of hydrogen-bond donors (Lipinski definition) is 1. The first-order valence-electron chi connectivity index (χ1n) is 12.6. The van der Waals surface area contributed by atoms with Crippen molar-refractivity contribution in [3.8, 4) is 0 Å². The molecule has 198 valence electrons. The standard InChI is InChI=1S/C30H38N2O4S/c1-6-36-29(33)21-28(26-18-13-19-27(20-26)37(34,35)31-30(3,4)5)32(22-24-14-9-7-10-15-24)23(2)25-16-11-8-12-17-25/h7-20,23,28,31H,6,21-22H2,1-5H3/t23-,28+/m0/s1. The van der Waals surface area contributed by atoms with Gasteiger partial charge in [-0.15, -0.1) is 0 Å². The molecule has 0 amide bonds. The predicted molar refractivity (Wildman–Crippen MR) is 147 cm³/mol. The van der Waals surface area contributed by atoms with Gasteiger partial charge in [-0.05, 0) is 63.4 Å². The van der Waals surface area contributed by atoms with Gasteiger partial charge in [-0.3, -0.25) is 9.69 Å². The summed E-state index contributed by atoms with van der Waals surface area (Å²) in [5, 5.41) is 0. The van der Waals surface area contributed by atoms with E-state index in [1.807, 2.05) is 42.5 Å². The van der Waals surface area contributed by atoms with Crippen LogP contribution in [0.3, 0.4) is 0 Å². The summed E-state index contributed by atoms with van der Waals surface area (Å²) >= 11 is 0. The first-order valence-corrected chi connectivity index (χ1v) is 14.1. The number of nitrogens with one attached hydrogen (secondary N) is 1. The lowest BCUT2D eigenvalue weighted by Gasteiger charge is -2.37. The number of benzene rings is 3. The van der Waals surface area contributed by atoms with Crippen molar-refractivity contribution in [1.29, 1.82) is 0 Å². The normalized spacial score (nSPS) is 13.8. The Morgan fingerprint density at radius 2 is 1.51 bits per heavy atom. The van der Waals surface area contributed by atoms with Crippen molar-refractivity contribution >= 4 is 16.0 Å². The van der Waals surface area contributed by atoms with Gasteiger partial charge in [0, 0.05) is 24.2 Å². The van der Waals surface area contributed by atoms with E-state index in [2.05, 4.69) is 40.8 Å². The van der Waals surface area contributed by atoms with Crippen LogP contribution in [-0.4, -0.2) is 31.4 Å². The van der Waals surface area contributed by atoms with Crippen LogP contribution in [0.25, 0.3) is 0 Å². The second kappa shape index (κ2) is 12.5. The van der Waals surface area contributed by atoms with Gasteiger partial charge >= 0.3 is 5.97 Å². The van der Waals surface area contributed by atoms with Crippen molar-refractivity contribution in [3.05, 3.63) is 102 Å². The third-order valence-corrected chi connectivity index (χ3v) is 7.80. The number of carbonyl (C=O) groups is 1. The average Bonchev–Trinajstić information content (AvgIpc) is 2.86. The van der Waals surface area contributed by atoms with Crippen LogP contribution in [0.15, 0.2) is 89.8 Å². The lowest BCUT2D eigenvalue weighted by Crippen LogP contribution is -2.40. The zero-order valence-electron chi connectivity index (χ0n) is 22.3. The second-order valence-electron chi connectivity index (χ2n) is 10.2. The monoisotopic (exact) mass is 522 g/mol. The van der Waals surface area contributed by atoms with Crippen LogP contribution in [-0.2, 0) is 26.1 Å². The van der Waals surface area contributed by atoms with Crippen LogP contribution in [0.5, 0.6) is 0 Å². The average molecular weight is 523 g/mol. The Morgan fingerprint density at radius 3 is 2.11 bits per heavy atom. The van der Waals surface area contributed by atoms with Gasteiger partial charge in [0.2, 0.25) is 10.0 Å². The fraction of sp³-hybridized carbons (Fsp3) is 0.367. The molecule has 0 aliphatic carbocycles. The summed E-state index contributed by atoms with van der Waals surface area (Å²) in [7, 11) is -3.75. The first-order chi connectivity index (χ1) is 17.5. The van der Waals surface area contributed by atoms with E-state index in [0.29, 0.717) is 6.54 Å². The Labute approximate surface area is 221 Å². The highest BCUT2D eigenvalue weighted by atomic mass is 32.2. The molecule has 2 atom stereocenters. The second-order valence-corrected chi connectivity index (χ2v) is 11.9. The molecule has 0 aromatic heterocycles. The van der Waals surface area contributed by atoms with Gasteiger partial charge in [0.15, 0.2) is 0 Å². The van der Waals surface area contributed by atoms with Gasteiger partial charge in [-0.2, -0.15) is 0 Å². The summed E-state index contributed by atoms with van der Waals surface area (Å²) in [5.74, 6) is -0.327. The molecule has 0 radical (unpaired) electrons. The summed E-state index contributed by atoms with van der Waals surface area (Å²) in [4.78, 5) is 15.2.